The fourth-order valence-corrected chi connectivity index (χ4v) is 10.9. The number of hydrogen-bond donors (Lipinski definition) is 8. The Bertz CT molecular complexity index is 3640. The van der Waals surface area contributed by atoms with Gasteiger partial charge in [0.05, 0.1) is 53.2 Å². The molecule has 0 aliphatic carbocycles. The van der Waals surface area contributed by atoms with Gasteiger partial charge in [-0.3, -0.25) is 14.4 Å². The van der Waals surface area contributed by atoms with Crippen LogP contribution in [0.15, 0.2) is 130 Å². The molecule has 8 N–H and O–H groups in total. The molecule has 4 aromatic heterocycles. The van der Waals surface area contributed by atoms with Crippen molar-refractivity contribution in [1.29, 1.82) is 0 Å². The number of fused-ring (bicyclic) bond motifs is 2. The number of H-pyrrole nitrogens is 2. The number of aromatic amines is 2. The molecule has 0 unspecified atom stereocenters. The van der Waals surface area contributed by atoms with Crippen LogP contribution >= 0.6 is 45.9 Å². The van der Waals surface area contributed by atoms with Crippen molar-refractivity contribution in [3.63, 3.8) is 0 Å². The predicted octanol–water partition coefficient (Wildman–Crippen LogP) is 5.06. The summed E-state index contributed by atoms with van der Waals surface area (Å²) in [7, 11) is -5.32. The fourth-order valence-electron chi connectivity index (χ4n) is 6.22. The maximum absolute atomic E-state index is 14.1. The van der Waals surface area contributed by atoms with E-state index in [1.54, 1.807) is 6.92 Å². The molecule has 8 aromatic rings. The molecule has 384 valence electrons. The van der Waals surface area contributed by atoms with Gasteiger partial charge in [-0.15, -0.1) is 27.8 Å². The molecule has 0 saturated heterocycles. The molecule has 74 heavy (non-hydrogen) atoms. The normalized spacial score (nSPS) is 11.0. The number of nitrogens with one attached hydrogen (secondary N) is 7. The first-order valence-electron chi connectivity index (χ1n) is 19.9. The van der Waals surface area contributed by atoms with Crippen LogP contribution < -0.4 is 78.0 Å². The predicted molar refractivity (Wildman–Crippen MR) is 280 cm³/mol. The zero-order valence-corrected chi connectivity index (χ0v) is 44.6. The molecule has 22 nitrogen and oxygen atoms in total. The van der Waals surface area contributed by atoms with E-state index >= 15 is 0 Å². The summed E-state index contributed by atoms with van der Waals surface area (Å²) in [6, 6.07) is 18.6. The molecule has 0 spiro atoms. The van der Waals surface area contributed by atoms with Gasteiger partial charge in [0.25, 0.3) is 21.1 Å². The molecule has 0 aliphatic heterocycles. The number of sulfonamides is 2. The number of urea groups is 2. The molecule has 4 amide bonds. The molecule has 8 rings (SSSR count). The SMILES string of the molecule is C.C/C=N/O.CNc1cc2[nH]c(=O)n(-c3ccc(NC(=O)NS(=O)(=O)c4ccc(Cl)s4)cc3)c(=O)c2cc1F.CNc1cc2[nH]c(=O)n(-c3ccc(NC(=O)[N-]S(=O)(=O)c4ccc(Cl)s4)cc3)c(=O)c2cc1F.[Na+]. The van der Waals surface area contributed by atoms with Crippen molar-refractivity contribution < 1.29 is 70.0 Å². The maximum atomic E-state index is 14.1. The third kappa shape index (κ3) is 14.0. The molecule has 0 bridgehead atoms. The average molecular weight is 1150 g/mol. The largest absolute Gasteiger partial charge is 1.00 e. The number of rotatable bonds is 10. The topological polar surface area (TPSA) is 319 Å². The molecule has 0 saturated carbocycles. The van der Waals surface area contributed by atoms with Crippen LogP contribution in [0, 0.1) is 11.6 Å². The first-order valence-corrected chi connectivity index (χ1v) is 25.2. The summed E-state index contributed by atoms with van der Waals surface area (Å²) < 4.78 is 83.8. The van der Waals surface area contributed by atoms with Gasteiger partial charge in [-0.05, 0) is 97.5 Å². The van der Waals surface area contributed by atoms with Gasteiger partial charge < -0.3 is 41.2 Å². The molecule has 4 aromatic carbocycles. The number of hydrogen-bond acceptors (Lipinski definition) is 16. The van der Waals surface area contributed by atoms with Crippen LogP contribution in [0.4, 0.5) is 41.1 Å². The minimum absolute atomic E-state index is 0. The third-order valence-electron chi connectivity index (χ3n) is 9.43. The Balaban J connectivity index is 0.000000291. The van der Waals surface area contributed by atoms with Crippen molar-refractivity contribution >= 4 is 129 Å². The first kappa shape index (κ1) is 59.7. The summed E-state index contributed by atoms with van der Waals surface area (Å²) in [6.45, 7) is 1.64. The van der Waals surface area contributed by atoms with E-state index in [1.807, 2.05) is 4.72 Å². The molecule has 0 fully saturated rings. The van der Waals surface area contributed by atoms with Crippen LogP contribution in [0.5, 0.6) is 0 Å². The van der Waals surface area contributed by atoms with Gasteiger partial charge >= 0.3 is 47.0 Å². The molecule has 0 atom stereocenters. The van der Waals surface area contributed by atoms with Crippen LogP contribution in [-0.4, -0.2) is 73.5 Å². The number of carbonyl (C=O) groups excluding carboxylic acids is 2. The standard InChI is InChI=1S/2C20H15ClFN5O5S2.C2H5NO.CH4.Na/c2*1-23-15-9-14-12(8-13(15)22)18(28)27(20(30)25-14)11-4-2-10(3-5-11)24-19(29)26-34(31,32)17-7-6-16(21)33-17;1-2-3-4;;/h2-9H,1H3,(H4,23,24,25,26,28,29,30);2-9,23H,1H3,(H,25,30)(H2,24,26,29);2,4H,1H3;1H4;/q;;;;+1/p-1/b;;3-2+;;. The Morgan fingerprint density at radius 2 is 1.09 bits per heavy atom. The fraction of sp³-hybridized carbons (Fsp3) is 0.0930. The third-order valence-corrected chi connectivity index (χ3v) is 15.4. The van der Waals surface area contributed by atoms with Crippen LogP contribution in [0.1, 0.15) is 14.4 Å². The maximum Gasteiger partial charge on any atom is 1.00 e. The van der Waals surface area contributed by atoms with Crippen LogP contribution in [-0.2, 0) is 20.0 Å². The van der Waals surface area contributed by atoms with E-state index in [9.17, 15) is 54.4 Å². The van der Waals surface area contributed by atoms with E-state index in [4.69, 9.17) is 28.4 Å². The van der Waals surface area contributed by atoms with E-state index in [0.717, 1.165) is 43.9 Å². The van der Waals surface area contributed by atoms with Crippen molar-refractivity contribution in [2.75, 3.05) is 35.4 Å². The van der Waals surface area contributed by atoms with Crippen molar-refractivity contribution in [3.05, 3.63) is 164 Å². The Hall–Kier alpha value is -6.89. The molecular weight excluding hydrogens is 1110 g/mol. The summed E-state index contributed by atoms with van der Waals surface area (Å²) in [6.07, 6.45) is 1.31. The van der Waals surface area contributed by atoms with E-state index < -0.39 is 66.2 Å². The van der Waals surface area contributed by atoms with Crippen LogP contribution in [0.3, 0.4) is 0 Å². The number of carbonyl (C=O) groups is 2. The number of thiophene rings is 2. The number of aromatic nitrogens is 4. The molecular formula is C43H38Cl2F2N11NaO11S4. The Kier molecular flexibility index (Phi) is 20.5. The number of benzene rings is 4. The Morgan fingerprint density at radius 1 is 0.689 bits per heavy atom. The zero-order chi connectivity index (χ0) is 52.7. The number of anilines is 4. The van der Waals surface area contributed by atoms with Crippen LogP contribution in [0.25, 0.3) is 37.9 Å². The van der Waals surface area contributed by atoms with Gasteiger partial charge in [-0.1, -0.05) is 42.8 Å². The number of nitrogens with zero attached hydrogens (tertiary/aromatic N) is 4. The Labute approximate surface area is 457 Å². The second-order valence-corrected chi connectivity index (χ2v) is 21.2. The first-order chi connectivity index (χ1) is 34.1. The van der Waals surface area contributed by atoms with Gasteiger partial charge in [0, 0.05) is 26.0 Å². The van der Waals surface area contributed by atoms with Crippen molar-refractivity contribution in [3.8, 4) is 11.4 Å². The molecule has 31 heteroatoms. The minimum atomic E-state index is -4.23. The van der Waals surface area contributed by atoms with E-state index in [2.05, 4.69) is 41.1 Å². The van der Waals surface area contributed by atoms with Crippen molar-refractivity contribution in [2.24, 2.45) is 5.16 Å². The molecule has 0 radical (unpaired) electrons. The second-order valence-electron chi connectivity index (χ2n) is 14.0. The van der Waals surface area contributed by atoms with E-state index in [0.29, 0.717) is 0 Å². The van der Waals surface area contributed by atoms with Gasteiger partial charge in [0.2, 0.25) is 10.0 Å². The van der Waals surface area contributed by atoms with Crippen molar-refractivity contribution in [1.82, 2.24) is 23.8 Å². The van der Waals surface area contributed by atoms with E-state index in [-0.39, 0.29) is 110 Å². The summed E-state index contributed by atoms with van der Waals surface area (Å²) >= 11 is 13.0. The number of oxime groups is 1. The van der Waals surface area contributed by atoms with Gasteiger partial charge in [0.1, 0.15) is 20.1 Å². The zero-order valence-electron chi connectivity index (χ0n) is 37.8. The van der Waals surface area contributed by atoms with Gasteiger partial charge in [-0.25, -0.2) is 53.9 Å². The summed E-state index contributed by atoms with van der Waals surface area (Å²) in [5.74, 6) is -1.32. The Morgan fingerprint density at radius 3 is 1.47 bits per heavy atom. The quantitative estimate of drug-likeness (QED) is 0.0385. The number of halogens is 4. The van der Waals surface area contributed by atoms with Gasteiger partial charge in [0.15, 0.2) is 6.03 Å². The molecule has 0 aliphatic rings. The van der Waals surface area contributed by atoms with Crippen LogP contribution in [0.2, 0.25) is 8.67 Å². The summed E-state index contributed by atoms with van der Waals surface area (Å²) in [4.78, 5) is 80.0. The second kappa shape index (κ2) is 25.4. The average Bonchev–Trinajstić information content (AvgIpc) is 3.99. The summed E-state index contributed by atoms with van der Waals surface area (Å²) in [5.41, 5.74) is -1.76. The molecule has 4 heterocycles. The minimum Gasteiger partial charge on any atom is -0.424 e. The number of amides is 4. The summed E-state index contributed by atoms with van der Waals surface area (Å²) in [5, 5.41) is 19.9. The monoisotopic (exact) mass is 1140 g/mol. The van der Waals surface area contributed by atoms with Crippen molar-refractivity contribution in [2.45, 2.75) is 22.8 Å². The smallest absolute Gasteiger partial charge is 0.424 e. The van der Waals surface area contributed by atoms with Gasteiger partial charge in [-0.2, -0.15) is 0 Å². The van der Waals surface area contributed by atoms with E-state index in [1.165, 1.54) is 105 Å².